The van der Waals surface area contributed by atoms with E-state index < -0.39 is 0 Å². The van der Waals surface area contributed by atoms with E-state index in [-0.39, 0.29) is 80.6 Å². The number of pyridine rings is 3. The third-order valence-corrected chi connectivity index (χ3v) is 5.64. The predicted octanol–water partition coefficient (Wildman–Crippen LogP) is 1.76. The Kier molecular flexibility index (Phi) is 34.0. The van der Waals surface area contributed by atoms with Crippen LogP contribution < -0.4 is 33.9 Å². The molecule has 44 heavy (non-hydrogen) atoms. The Bertz CT molecular complexity index is 1140. The Labute approximate surface area is 321 Å². The molecule has 3 aromatic heterocycles. The van der Waals surface area contributed by atoms with Crippen molar-refractivity contribution in [2.45, 2.75) is 59.7 Å². The molecule has 0 aliphatic heterocycles. The van der Waals surface area contributed by atoms with Crippen molar-refractivity contribution in [3.05, 3.63) is 90.3 Å². The fourth-order valence-corrected chi connectivity index (χ4v) is 2.50. The van der Waals surface area contributed by atoms with Crippen LogP contribution in [0, 0.1) is 0 Å². The first-order chi connectivity index (χ1) is 19.8. The van der Waals surface area contributed by atoms with E-state index in [2.05, 4.69) is 51.7 Å². The Hall–Kier alpha value is -1.42. The van der Waals surface area contributed by atoms with Gasteiger partial charge in [-0.1, -0.05) is 42.6 Å². The largest absolute Gasteiger partial charge is 1.00 e. The van der Waals surface area contributed by atoms with Crippen molar-refractivity contribution < 1.29 is 75.6 Å². The number of hydrogen-bond donors (Lipinski definition) is 1. The number of nitrogens with zero attached hydrogens (tertiary/aromatic N) is 5. The summed E-state index contributed by atoms with van der Waals surface area (Å²) in [4.78, 5) is 46.4. The summed E-state index contributed by atoms with van der Waals surface area (Å²) >= 11 is 2.15. The van der Waals surface area contributed by atoms with Crippen LogP contribution in [0.3, 0.4) is 0 Å². The van der Waals surface area contributed by atoms with Crippen molar-refractivity contribution >= 4 is 40.7 Å². The second-order valence-corrected chi connectivity index (χ2v) is 9.81. The number of halogens is 2. The Morgan fingerprint density at radius 2 is 1.27 bits per heavy atom. The van der Waals surface area contributed by atoms with Crippen molar-refractivity contribution in [1.29, 1.82) is 0 Å². The molecule has 3 aromatic rings. The van der Waals surface area contributed by atoms with Crippen LogP contribution in [0.5, 0.6) is 0 Å². The maximum absolute atomic E-state index is 11.9. The third kappa shape index (κ3) is 23.0. The van der Waals surface area contributed by atoms with Gasteiger partial charge in [-0.3, -0.25) is 14.6 Å². The van der Waals surface area contributed by atoms with Crippen molar-refractivity contribution in [2.75, 3.05) is 26.1 Å². The minimum Gasteiger partial charge on any atom is -1.00 e. The molecule has 0 bridgehead atoms. The molecule has 3 heterocycles. The number of amides is 2. The van der Waals surface area contributed by atoms with Gasteiger partial charge in [0.15, 0.2) is 12.4 Å². The number of carbonyl (C=O) groups is 2. The van der Waals surface area contributed by atoms with Gasteiger partial charge < -0.3 is 48.9 Å². The molecule has 0 aromatic carbocycles. The summed E-state index contributed by atoms with van der Waals surface area (Å²) in [5, 5.41) is 3.03. The fraction of sp³-hybridized carbons (Fsp3) is 0.438. The summed E-state index contributed by atoms with van der Waals surface area (Å²) < 4.78 is 1.88. The van der Waals surface area contributed by atoms with E-state index in [1.54, 1.807) is 66.0 Å². The summed E-state index contributed by atoms with van der Waals surface area (Å²) in [7, 11) is 7.47. The number of rotatable bonds is 6. The van der Waals surface area contributed by atoms with Crippen LogP contribution in [0.25, 0.3) is 0 Å². The molecule has 9 nitrogen and oxygen atoms in total. The normalized spacial score (nSPS) is 9.07. The molecule has 0 saturated heterocycles. The molecule has 0 aliphatic rings. The van der Waals surface area contributed by atoms with Crippen LogP contribution in [-0.4, -0.2) is 82.1 Å². The number of nitrogens with one attached hydrogen (secondary N) is 1. The van der Waals surface area contributed by atoms with Crippen molar-refractivity contribution in [1.82, 2.24) is 25.1 Å². The molecule has 0 spiro atoms. The van der Waals surface area contributed by atoms with Gasteiger partial charge in [0.25, 0.3) is 11.8 Å². The van der Waals surface area contributed by atoms with Crippen molar-refractivity contribution in [3.63, 3.8) is 0 Å². The van der Waals surface area contributed by atoms with E-state index in [1.807, 2.05) is 82.9 Å². The molecular formula is C32H49I2N6O3Y-. The average molecular weight is 908 g/mol. The van der Waals surface area contributed by atoms with Crippen molar-refractivity contribution in [3.8, 4) is 0 Å². The van der Waals surface area contributed by atoms with Crippen LogP contribution in [0.4, 0.5) is 0 Å². The molecule has 12 heteroatoms. The molecule has 0 aliphatic carbocycles. The second kappa shape index (κ2) is 30.2. The van der Waals surface area contributed by atoms with Gasteiger partial charge in [0.1, 0.15) is 12.6 Å². The molecule has 243 valence electrons. The quantitative estimate of drug-likeness (QED) is 0.176. The Morgan fingerprint density at radius 1 is 0.841 bits per heavy atom. The number of aromatic nitrogens is 3. The third-order valence-electron chi connectivity index (χ3n) is 5.64. The molecule has 0 saturated carbocycles. The molecule has 2 amide bonds. The minimum atomic E-state index is 0. The van der Waals surface area contributed by atoms with Crippen molar-refractivity contribution in [2.24, 2.45) is 7.05 Å². The van der Waals surface area contributed by atoms with E-state index in [4.69, 9.17) is 0 Å². The summed E-state index contributed by atoms with van der Waals surface area (Å²) in [5.41, 5.74) is 1.86. The summed E-state index contributed by atoms with van der Waals surface area (Å²) in [6.45, 7) is 12.2. The Balaban J connectivity index is -0.000000247. The van der Waals surface area contributed by atoms with Gasteiger partial charge in [0, 0.05) is 83.4 Å². The SMILES string of the molecule is CC(C)N(C)C(=O)c1ccc[n+](C)c1.CC(C)N(C)C(=O)c1cccnc1.CI.CNC(C)C.O=[C-]c1cccnc1.[I-].[Y]. The number of hydrogen-bond acceptors (Lipinski definition) is 6. The first-order valence-electron chi connectivity index (χ1n) is 13.6. The summed E-state index contributed by atoms with van der Waals surface area (Å²) in [6.07, 6.45) is 11.8. The molecule has 0 unspecified atom stereocenters. The van der Waals surface area contributed by atoms with Crippen LogP contribution in [-0.2, 0) is 44.6 Å². The molecular weight excluding hydrogens is 859 g/mol. The van der Waals surface area contributed by atoms with Crippen LogP contribution in [0.2, 0.25) is 0 Å². The van der Waals surface area contributed by atoms with E-state index in [0.717, 1.165) is 5.56 Å². The molecule has 1 radical (unpaired) electrons. The monoisotopic (exact) mass is 908 g/mol. The first-order valence-corrected chi connectivity index (χ1v) is 15.7. The van der Waals surface area contributed by atoms with Crippen LogP contribution in [0.1, 0.15) is 67.8 Å². The molecule has 3 rings (SSSR count). The maximum Gasteiger partial charge on any atom is 0.259 e. The van der Waals surface area contributed by atoms with Gasteiger partial charge in [0.05, 0.1) is 11.8 Å². The number of alkyl halides is 1. The number of carbonyl (C=O) groups excluding carboxylic acids is 3. The summed E-state index contributed by atoms with van der Waals surface area (Å²) in [5.74, 6) is 0.0827. The van der Waals surface area contributed by atoms with Gasteiger partial charge >= 0.3 is 0 Å². The van der Waals surface area contributed by atoms with E-state index in [9.17, 15) is 14.4 Å². The van der Waals surface area contributed by atoms with Gasteiger partial charge in [-0.05, 0) is 64.1 Å². The van der Waals surface area contributed by atoms with Crippen LogP contribution in [0.15, 0.2) is 73.6 Å². The zero-order valence-corrected chi connectivity index (χ0v) is 35.1. The van der Waals surface area contributed by atoms with Gasteiger partial charge in [-0.2, -0.15) is 6.07 Å². The smallest absolute Gasteiger partial charge is 0.259 e. The fourth-order valence-electron chi connectivity index (χ4n) is 2.50. The zero-order chi connectivity index (χ0) is 32.7. The first kappa shape index (κ1) is 49.5. The second-order valence-electron chi connectivity index (χ2n) is 9.81. The molecule has 0 atom stereocenters. The predicted molar refractivity (Wildman–Crippen MR) is 179 cm³/mol. The minimum absolute atomic E-state index is 0. The average Bonchev–Trinajstić information content (AvgIpc) is 3.02. The summed E-state index contributed by atoms with van der Waals surface area (Å²) in [6, 6.07) is 11.7. The van der Waals surface area contributed by atoms with Gasteiger partial charge in [0.2, 0.25) is 0 Å². The molecule has 1 N–H and O–H groups in total. The van der Waals surface area contributed by atoms with E-state index in [0.29, 0.717) is 17.2 Å². The molecule has 0 fully saturated rings. The standard InChI is InChI=1S/C11H17N2O.C10H14N2O.C6H4NO.C4H11N.CH3I.HI.Y/c1-9(2)13(4)11(14)10-6-5-7-12(3)8-10;1-8(2)12(3)10(13)9-5-4-6-11-7-9;8-5-6-2-1-3-7-4-6;1-4(2)5-3;1-2;;/h5-9H,1-4H3;4-8H,1-3H3;1-4H;4-5H,1-3H3;1H3;1H;/q+1;;-1;;;;/p-1. The van der Waals surface area contributed by atoms with Crippen LogP contribution >= 0.6 is 22.6 Å². The van der Waals surface area contributed by atoms with E-state index in [1.165, 1.54) is 6.20 Å². The van der Waals surface area contributed by atoms with Gasteiger partial charge in [-0.15, -0.1) is 11.6 Å². The topological polar surface area (TPSA) is 99.4 Å². The van der Waals surface area contributed by atoms with E-state index >= 15 is 0 Å². The zero-order valence-electron chi connectivity index (χ0n) is 28.0. The maximum atomic E-state index is 11.9. The Morgan fingerprint density at radius 3 is 1.59 bits per heavy atom. The van der Waals surface area contributed by atoms with Gasteiger partial charge in [-0.25, -0.2) is 4.57 Å². The number of aryl methyl sites for hydroxylation is 1.